The smallest absolute Gasteiger partial charge is 0.220 e. The molecule has 0 aliphatic rings. The highest BCUT2D eigenvalue weighted by atomic mass is 16.2. The highest BCUT2D eigenvalue weighted by Crippen LogP contribution is 2.14. The summed E-state index contributed by atoms with van der Waals surface area (Å²) in [6, 6.07) is -0.777. The summed E-state index contributed by atoms with van der Waals surface area (Å²) in [6.07, 6.45) is 11.7. The molecule has 1 radical (unpaired) electrons. The lowest BCUT2D eigenvalue weighted by atomic mass is 9.69. The Kier molecular flexibility index (Phi) is 33.9. The average molecular weight is 895 g/mol. The van der Waals surface area contributed by atoms with Gasteiger partial charge in [0.25, 0.3) is 0 Å². The van der Waals surface area contributed by atoms with E-state index >= 15 is 0 Å². The number of amidine groups is 1. The zero-order valence-corrected chi connectivity index (χ0v) is 37.5. The van der Waals surface area contributed by atoms with E-state index in [9.17, 15) is 33.6 Å². The number of unbranched alkanes of at least 4 members (excludes halogenated alkanes) is 3. The monoisotopic (exact) mass is 895 g/mol. The van der Waals surface area contributed by atoms with E-state index in [1.807, 2.05) is 0 Å². The Labute approximate surface area is 374 Å². The second kappa shape index (κ2) is 37.4. The zero-order chi connectivity index (χ0) is 48.0. The maximum Gasteiger partial charge on any atom is 0.220 e. The molecule has 0 saturated carbocycles. The SMILES string of the molecule is CC(=O)C(C[B]C=O)CCCCNC(=O)CCC(=N)N=NC=N.CC(=O)C(N)CCCCNC(=O)CCc1nnc(C)nn1.CC(=O)C(N)CCCCNC(=O)CCc1nncnn1. The minimum absolute atomic E-state index is 0.000600. The summed E-state index contributed by atoms with van der Waals surface area (Å²) in [5.74, 6) is 1.03. The van der Waals surface area contributed by atoms with Crippen LogP contribution in [0.25, 0.3) is 0 Å². The van der Waals surface area contributed by atoms with E-state index in [2.05, 4.69) is 67.0 Å². The van der Waals surface area contributed by atoms with Crippen molar-refractivity contribution < 1.29 is 33.6 Å². The van der Waals surface area contributed by atoms with Gasteiger partial charge in [0.15, 0.2) is 31.1 Å². The van der Waals surface area contributed by atoms with Crippen LogP contribution in [0.2, 0.25) is 6.32 Å². The molecule has 0 aromatic carbocycles. The van der Waals surface area contributed by atoms with Crippen molar-refractivity contribution in [2.24, 2.45) is 27.6 Å². The van der Waals surface area contributed by atoms with Gasteiger partial charge in [0, 0.05) is 64.1 Å². The lowest BCUT2D eigenvalue weighted by molar-refractivity contribution is -0.121. The summed E-state index contributed by atoms with van der Waals surface area (Å²) in [4.78, 5) is 78.2. The molecule has 0 bridgehead atoms. The quantitative estimate of drug-likeness (QED) is 0.0137. The number of carbonyl (C=O) groups is 7. The van der Waals surface area contributed by atoms with Crippen molar-refractivity contribution in [1.29, 1.82) is 10.8 Å². The number of carbonyl (C=O) groups excluding carboxylic acids is 7. The Balaban J connectivity index is 0.000000932. The number of nitrogens with zero attached hydrogens (tertiary/aromatic N) is 10. The molecule has 25 heteroatoms. The van der Waals surface area contributed by atoms with Crippen molar-refractivity contribution in [3.05, 3.63) is 23.8 Å². The third kappa shape index (κ3) is 33.5. The van der Waals surface area contributed by atoms with Gasteiger partial charge in [-0.05, 0) is 79.1 Å². The number of aryl methyl sites for hydroxylation is 3. The van der Waals surface area contributed by atoms with Crippen molar-refractivity contribution in [1.82, 2.24) is 56.7 Å². The third-order valence-corrected chi connectivity index (χ3v) is 9.01. The van der Waals surface area contributed by atoms with Gasteiger partial charge in [-0.3, -0.25) is 39.6 Å². The topological polar surface area (TPSA) is 383 Å². The van der Waals surface area contributed by atoms with Gasteiger partial charge >= 0.3 is 0 Å². The van der Waals surface area contributed by atoms with E-state index in [4.69, 9.17) is 22.3 Å². The molecule has 0 fully saturated rings. The molecule has 9 N–H and O–H groups in total. The molecule has 3 atom stereocenters. The number of azo groups is 1. The number of Topliss-reactive ketones (excluding diaryl/α,β-unsaturated/α-hetero) is 3. The van der Waals surface area contributed by atoms with Crippen LogP contribution in [0.4, 0.5) is 0 Å². The Hall–Kier alpha value is -6.11. The molecule has 0 aliphatic carbocycles. The standard InChI is InChI=1S/C14H23BN5O3.C13H22N6O2.C12H20N6O2/c1-11(22)12(8-15-9-21)4-2-3-7-18-14(23)6-5-13(17)20-19-10-16;1-9(20)11(14)5-3-4-8-15-13(21)7-6-12-18-16-10(2)17-19-12;1-9(19)10(13)4-2-3-7-14-12(20)6-5-11-17-15-8-16-18-11/h9-10,12,16-17H,2-8H2,1H3,(H,18,23);11H,3-8,14H2,1-2H3,(H,15,21);8,10H,2-7,13H2,1H3,(H,14,20). The average Bonchev–Trinajstić information content (AvgIpc) is 3.27. The highest BCUT2D eigenvalue weighted by Gasteiger charge is 2.14. The first-order chi connectivity index (χ1) is 30.6. The number of aromatic nitrogens is 8. The molecule has 351 valence electrons. The predicted molar refractivity (Wildman–Crippen MR) is 237 cm³/mol. The summed E-state index contributed by atoms with van der Waals surface area (Å²) >= 11 is 0. The van der Waals surface area contributed by atoms with Crippen LogP contribution in [-0.4, -0.2) is 133 Å². The molecule has 0 spiro atoms. The summed E-state index contributed by atoms with van der Waals surface area (Å²) in [5.41, 5.74) is 11.2. The largest absolute Gasteiger partial charge is 0.356 e. The summed E-state index contributed by atoms with van der Waals surface area (Å²) in [7, 11) is 1.46. The number of nitrogens with one attached hydrogen (secondary N) is 5. The number of hydrogen-bond donors (Lipinski definition) is 7. The minimum atomic E-state index is -0.389. The molecule has 24 nitrogen and oxygen atoms in total. The molecular weight excluding hydrogens is 829 g/mol. The first-order valence-electron chi connectivity index (χ1n) is 21.2. The highest BCUT2D eigenvalue weighted by molar-refractivity contribution is 6.66. The molecule has 2 rings (SSSR count). The van der Waals surface area contributed by atoms with Crippen molar-refractivity contribution in [3.63, 3.8) is 0 Å². The van der Waals surface area contributed by atoms with E-state index in [0.717, 1.165) is 44.9 Å². The van der Waals surface area contributed by atoms with Crippen molar-refractivity contribution >= 4 is 60.7 Å². The first kappa shape index (κ1) is 57.9. The van der Waals surface area contributed by atoms with Crippen LogP contribution in [0, 0.1) is 23.7 Å². The lowest BCUT2D eigenvalue weighted by Crippen LogP contribution is -2.29. The van der Waals surface area contributed by atoms with E-state index < -0.39 is 0 Å². The molecule has 0 aliphatic heterocycles. The summed E-state index contributed by atoms with van der Waals surface area (Å²) in [5, 5.41) is 58.9. The van der Waals surface area contributed by atoms with Crippen molar-refractivity contribution in [2.45, 2.75) is 142 Å². The fourth-order valence-electron chi connectivity index (χ4n) is 5.12. The molecular formula is C39H65BN17O7. The van der Waals surface area contributed by atoms with Crippen LogP contribution in [0.15, 0.2) is 16.6 Å². The fraction of sp³-hybridized carbons (Fsp3) is 0.667. The van der Waals surface area contributed by atoms with Gasteiger partial charge in [0.2, 0.25) is 17.7 Å². The van der Waals surface area contributed by atoms with Gasteiger partial charge in [-0.15, -0.1) is 51.0 Å². The van der Waals surface area contributed by atoms with E-state index in [-0.39, 0.29) is 71.8 Å². The number of rotatable bonds is 31. The van der Waals surface area contributed by atoms with Crippen molar-refractivity contribution in [2.75, 3.05) is 19.6 Å². The molecule has 3 amide bonds. The summed E-state index contributed by atoms with van der Waals surface area (Å²) in [6.45, 7) is 7.87. The molecule has 2 aromatic rings. The number of nitrogens with two attached hydrogens (primary N) is 2. The summed E-state index contributed by atoms with van der Waals surface area (Å²) < 4.78 is 0. The molecule has 0 saturated heterocycles. The maximum atomic E-state index is 11.6. The Morgan fingerprint density at radius 1 is 0.672 bits per heavy atom. The van der Waals surface area contributed by atoms with Gasteiger partial charge in [-0.25, -0.2) is 0 Å². The number of ketones is 3. The second-order valence-corrected chi connectivity index (χ2v) is 14.5. The molecule has 3 unspecified atom stereocenters. The second-order valence-electron chi connectivity index (χ2n) is 14.5. The zero-order valence-electron chi connectivity index (χ0n) is 37.5. The van der Waals surface area contributed by atoms with Crippen LogP contribution in [-0.2, 0) is 46.4 Å². The van der Waals surface area contributed by atoms with Gasteiger partial charge in [0.05, 0.1) is 18.3 Å². The maximum absolute atomic E-state index is 11.6. The fourth-order valence-corrected chi connectivity index (χ4v) is 5.12. The van der Waals surface area contributed by atoms with Crippen molar-refractivity contribution in [3.8, 4) is 0 Å². The van der Waals surface area contributed by atoms with Gasteiger partial charge in [-0.2, -0.15) is 0 Å². The Morgan fingerprint density at radius 3 is 1.56 bits per heavy atom. The van der Waals surface area contributed by atoms with Crippen LogP contribution in [0.1, 0.15) is 122 Å². The minimum Gasteiger partial charge on any atom is -0.356 e. The van der Waals surface area contributed by atoms with Crippen LogP contribution in [0.3, 0.4) is 0 Å². The Bertz CT molecular complexity index is 1740. The molecule has 64 heavy (non-hydrogen) atoms. The van der Waals surface area contributed by atoms with Gasteiger partial charge < -0.3 is 32.2 Å². The Morgan fingerprint density at radius 2 is 1.12 bits per heavy atom. The third-order valence-electron chi connectivity index (χ3n) is 9.01. The predicted octanol–water partition coefficient (Wildman–Crippen LogP) is 0.720. The van der Waals surface area contributed by atoms with E-state index in [1.54, 1.807) is 6.92 Å². The number of amides is 3. The molecule has 2 aromatic heterocycles. The van der Waals surface area contributed by atoms with Crippen LogP contribution >= 0.6 is 0 Å². The van der Waals surface area contributed by atoms with Gasteiger partial charge in [-0.1, -0.05) is 12.7 Å². The van der Waals surface area contributed by atoms with Crippen LogP contribution in [0.5, 0.6) is 0 Å². The molecule has 2 heterocycles. The first-order valence-corrected chi connectivity index (χ1v) is 21.2. The number of hydrogen-bond acceptors (Lipinski definition) is 19. The van der Waals surface area contributed by atoms with E-state index in [1.165, 1.54) is 34.4 Å². The van der Waals surface area contributed by atoms with Crippen LogP contribution < -0.4 is 27.4 Å². The normalized spacial score (nSPS) is 11.8. The lowest BCUT2D eigenvalue weighted by Gasteiger charge is -2.11. The van der Waals surface area contributed by atoms with Gasteiger partial charge in [0.1, 0.15) is 29.5 Å². The van der Waals surface area contributed by atoms with E-state index in [0.29, 0.717) is 94.6 Å².